The van der Waals surface area contributed by atoms with Crippen molar-refractivity contribution in [2.24, 2.45) is 5.41 Å². The number of rotatable bonds is 1. The number of aryl methyl sites for hydroxylation is 1. The first-order valence-corrected chi connectivity index (χ1v) is 7.10. The van der Waals surface area contributed by atoms with E-state index in [0.29, 0.717) is 16.9 Å². The first-order valence-electron chi connectivity index (χ1n) is 7.10. The maximum absolute atomic E-state index is 12.3. The Hall–Kier alpha value is -0.780. The van der Waals surface area contributed by atoms with E-state index in [-0.39, 0.29) is 30.7 Å². The molecule has 3 rings (SSSR count). The molecule has 1 spiro atoms. The second-order valence-electron chi connectivity index (χ2n) is 5.81. The number of nitrogens with one attached hydrogen (secondary N) is 1. The molecule has 0 aliphatic carbocycles. The summed E-state index contributed by atoms with van der Waals surface area (Å²) < 4.78 is 5.20. The fraction of sp³-hybridized carbons (Fsp3) is 0.714. The Kier molecular flexibility index (Phi) is 6.50. The molecule has 3 heterocycles. The summed E-state index contributed by atoms with van der Waals surface area (Å²) in [5.41, 5.74) is 1.16. The highest BCUT2D eigenvalue weighted by Gasteiger charge is 2.37. The van der Waals surface area contributed by atoms with Crippen molar-refractivity contribution < 1.29 is 9.21 Å². The Labute approximate surface area is 137 Å². The van der Waals surface area contributed by atoms with E-state index >= 15 is 0 Å². The van der Waals surface area contributed by atoms with Crippen LogP contribution in [0.25, 0.3) is 0 Å². The van der Waals surface area contributed by atoms with Crippen molar-refractivity contribution >= 4 is 30.7 Å². The van der Waals surface area contributed by atoms with Gasteiger partial charge in [-0.3, -0.25) is 4.79 Å². The van der Waals surface area contributed by atoms with E-state index < -0.39 is 0 Å². The van der Waals surface area contributed by atoms with Gasteiger partial charge in [0.1, 0.15) is 0 Å². The van der Waals surface area contributed by atoms with Gasteiger partial charge in [0, 0.05) is 13.1 Å². The van der Waals surface area contributed by atoms with Crippen LogP contribution in [0.4, 0.5) is 0 Å². The molecule has 5 nitrogen and oxygen atoms in total. The zero-order valence-corrected chi connectivity index (χ0v) is 13.9. The molecule has 0 unspecified atom stereocenters. The normalized spacial score (nSPS) is 20.5. The fourth-order valence-electron chi connectivity index (χ4n) is 3.29. The summed E-state index contributed by atoms with van der Waals surface area (Å²) in [7, 11) is 0. The van der Waals surface area contributed by atoms with E-state index in [1.807, 2.05) is 11.8 Å². The molecule has 0 atom stereocenters. The number of likely N-dealkylation sites (tertiary alicyclic amines) is 1. The van der Waals surface area contributed by atoms with Crippen molar-refractivity contribution in [3.8, 4) is 0 Å². The molecule has 2 aliphatic rings. The first kappa shape index (κ1) is 18.3. The summed E-state index contributed by atoms with van der Waals surface area (Å²) in [6, 6.07) is 0. The average molecular weight is 336 g/mol. The Bertz CT molecular complexity index is 463. The van der Waals surface area contributed by atoms with E-state index in [2.05, 4.69) is 10.3 Å². The molecule has 2 fully saturated rings. The van der Waals surface area contributed by atoms with Gasteiger partial charge in [-0.05, 0) is 51.1 Å². The number of aromatic nitrogens is 1. The zero-order valence-electron chi connectivity index (χ0n) is 12.3. The highest BCUT2D eigenvalue weighted by Crippen LogP contribution is 2.39. The van der Waals surface area contributed by atoms with Crippen molar-refractivity contribution in [1.82, 2.24) is 15.2 Å². The zero-order chi connectivity index (χ0) is 13.3. The van der Waals surface area contributed by atoms with Crippen LogP contribution in [0.5, 0.6) is 0 Å². The molecular formula is C14H23Cl2N3O2. The van der Waals surface area contributed by atoms with Crippen LogP contribution in [0, 0.1) is 12.3 Å². The molecule has 2 aliphatic heterocycles. The topological polar surface area (TPSA) is 58.4 Å². The van der Waals surface area contributed by atoms with Crippen molar-refractivity contribution in [3.05, 3.63) is 17.8 Å². The van der Waals surface area contributed by atoms with Crippen LogP contribution in [0.3, 0.4) is 0 Å². The number of halogens is 2. The Morgan fingerprint density at radius 2 is 1.86 bits per heavy atom. The number of hydrogen-bond acceptors (Lipinski definition) is 4. The van der Waals surface area contributed by atoms with Gasteiger partial charge in [0.05, 0.1) is 5.69 Å². The second-order valence-corrected chi connectivity index (χ2v) is 5.81. The minimum absolute atomic E-state index is 0. The second kappa shape index (κ2) is 7.47. The Morgan fingerprint density at radius 3 is 2.38 bits per heavy atom. The Balaban J connectivity index is 0.00000110. The lowest BCUT2D eigenvalue weighted by Gasteiger charge is -2.44. The maximum Gasteiger partial charge on any atom is 0.291 e. The molecule has 2 saturated heterocycles. The molecule has 0 bridgehead atoms. The highest BCUT2D eigenvalue weighted by atomic mass is 35.5. The number of piperidine rings is 2. The minimum Gasteiger partial charge on any atom is -0.438 e. The van der Waals surface area contributed by atoms with E-state index in [1.54, 1.807) is 0 Å². The monoisotopic (exact) mass is 335 g/mol. The number of oxazole rings is 1. The number of nitrogens with zero attached hydrogens (tertiary/aromatic N) is 2. The largest absolute Gasteiger partial charge is 0.438 e. The molecule has 1 aromatic heterocycles. The number of hydrogen-bond donors (Lipinski definition) is 1. The maximum atomic E-state index is 12.3. The van der Waals surface area contributed by atoms with Crippen LogP contribution in [0.2, 0.25) is 0 Å². The molecule has 1 aromatic rings. The summed E-state index contributed by atoms with van der Waals surface area (Å²) in [4.78, 5) is 18.2. The molecule has 0 aromatic carbocycles. The average Bonchev–Trinajstić information content (AvgIpc) is 2.86. The standard InChI is InChI=1S/C14H21N3O2.2ClH/c1-11-12(19-10-16-11)13(18)17-8-4-14(5-9-17)2-6-15-7-3-14;;/h10,15H,2-9H2,1H3;2*1H. The number of amides is 1. The molecule has 21 heavy (non-hydrogen) atoms. The Morgan fingerprint density at radius 1 is 1.24 bits per heavy atom. The molecule has 1 amide bonds. The van der Waals surface area contributed by atoms with Crippen molar-refractivity contribution in [2.75, 3.05) is 26.2 Å². The predicted molar refractivity (Wildman–Crippen MR) is 85.4 cm³/mol. The molecular weight excluding hydrogens is 313 g/mol. The minimum atomic E-state index is -0.00113. The third-order valence-corrected chi connectivity index (χ3v) is 4.72. The van der Waals surface area contributed by atoms with Crippen molar-refractivity contribution in [2.45, 2.75) is 32.6 Å². The highest BCUT2D eigenvalue weighted by molar-refractivity contribution is 5.92. The lowest BCUT2D eigenvalue weighted by atomic mass is 9.71. The van der Waals surface area contributed by atoms with Crippen LogP contribution in [-0.4, -0.2) is 42.0 Å². The van der Waals surface area contributed by atoms with Crippen LogP contribution in [-0.2, 0) is 0 Å². The molecule has 120 valence electrons. The number of carbonyl (C=O) groups excluding carboxylic acids is 1. The van der Waals surface area contributed by atoms with E-state index in [9.17, 15) is 4.79 Å². The molecule has 1 N–H and O–H groups in total. The lowest BCUT2D eigenvalue weighted by molar-refractivity contribution is 0.0469. The first-order chi connectivity index (χ1) is 9.20. The van der Waals surface area contributed by atoms with Gasteiger partial charge in [0.2, 0.25) is 5.76 Å². The van der Waals surface area contributed by atoms with Gasteiger partial charge >= 0.3 is 0 Å². The predicted octanol–water partition coefficient (Wildman–Crippen LogP) is 2.43. The van der Waals surface area contributed by atoms with E-state index in [0.717, 1.165) is 39.0 Å². The number of carbonyl (C=O) groups is 1. The summed E-state index contributed by atoms with van der Waals surface area (Å²) in [6.07, 6.45) is 6.08. The van der Waals surface area contributed by atoms with Crippen LogP contribution < -0.4 is 5.32 Å². The van der Waals surface area contributed by atoms with Crippen molar-refractivity contribution in [3.63, 3.8) is 0 Å². The van der Waals surface area contributed by atoms with Crippen molar-refractivity contribution in [1.29, 1.82) is 0 Å². The fourth-order valence-corrected chi connectivity index (χ4v) is 3.29. The van der Waals surface area contributed by atoms with E-state index in [4.69, 9.17) is 4.42 Å². The summed E-state index contributed by atoms with van der Waals surface area (Å²) in [5.74, 6) is 0.403. The third kappa shape index (κ3) is 3.71. The summed E-state index contributed by atoms with van der Waals surface area (Å²) >= 11 is 0. The van der Waals surface area contributed by atoms with Gasteiger partial charge < -0.3 is 14.6 Å². The van der Waals surface area contributed by atoms with Gasteiger partial charge in [0.25, 0.3) is 5.91 Å². The SMILES string of the molecule is Cc1ncoc1C(=O)N1CCC2(CCNCC2)CC1.Cl.Cl. The summed E-state index contributed by atoms with van der Waals surface area (Å²) in [5, 5.41) is 3.42. The van der Waals surface area contributed by atoms with Gasteiger partial charge in [-0.15, -0.1) is 24.8 Å². The van der Waals surface area contributed by atoms with Gasteiger partial charge in [-0.2, -0.15) is 0 Å². The van der Waals surface area contributed by atoms with Crippen LogP contribution >= 0.6 is 24.8 Å². The van der Waals surface area contributed by atoms with E-state index in [1.165, 1.54) is 19.2 Å². The lowest BCUT2D eigenvalue weighted by Crippen LogP contribution is -2.47. The van der Waals surface area contributed by atoms with Gasteiger partial charge in [0.15, 0.2) is 6.39 Å². The third-order valence-electron chi connectivity index (χ3n) is 4.72. The van der Waals surface area contributed by atoms with Crippen LogP contribution in [0.1, 0.15) is 41.9 Å². The van der Waals surface area contributed by atoms with Gasteiger partial charge in [-0.1, -0.05) is 0 Å². The quantitative estimate of drug-likeness (QED) is 0.856. The molecule has 7 heteroatoms. The molecule has 0 saturated carbocycles. The van der Waals surface area contributed by atoms with Gasteiger partial charge in [-0.25, -0.2) is 4.98 Å². The van der Waals surface area contributed by atoms with Crippen LogP contribution in [0.15, 0.2) is 10.8 Å². The molecule has 0 radical (unpaired) electrons. The summed E-state index contributed by atoms with van der Waals surface area (Å²) in [6.45, 7) is 5.75. The smallest absolute Gasteiger partial charge is 0.291 e.